The molecule has 114 valence electrons. The van der Waals surface area contributed by atoms with Gasteiger partial charge in [-0.05, 0) is 0 Å². The largest absolute Gasteiger partial charge is 1.00 e. The Morgan fingerprint density at radius 1 is 1.00 bits per heavy atom. The number of benzene rings is 2. The SMILES string of the molecule is C[Si](C)=[Ti+2]([O]c1ccc2ccccc2c1)[C]1=CC=CC1.[Cl-].[Cl-]. The minimum absolute atomic E-state index is 0. The molecule has 0 saturated carbocycles. The zero-order chi connectivity index (χ0) is 13.9. The van der Waals surface area contributed by atoms with E-state index >= 15 is 0 Å². The second-order valence-corrected chi connectivity index (χ2v) is 16.2. The van der Waals surface area contributed by atoms with Crippen LogP contribution < -0.4 is 28.1 Å². The van der Waals surface area contributed by atoms with Gasteiger partial charge in [-0.3, -0.25) is 0 Å². The van der Waals surface area contributed by atoms with Crippen LogP contribution in [0.4, 0.5) is 0 Å². The second-order valence-electron chi connectivity index (χ2n) is 5.26. The van der Waals surface area contributed by atoms with E-state index in [-0.39, 0.29) is 31.0 Å². The van der Waals surface area contributed by atoms with Gasteiger partial charge < -0.3 is 24.8 Å². The number of allylic oxidation sites excluding steroid dienone is 4. The number of fused-ring (bicyclic) bond motifs is 1. The van der Waals surface area contributed by atoms with Crippen LogP contribution in [0, 0.1) is 0 Å². The molecule has 0 fully saturated rings. The fourth-order valence-corrected chi connectivity index (χ4v) is 10.1. The Hall–Kier alpha value is -0.509. The van der Waals surface area contributed by atoms with Crippen LogP contribution in [0.15, 0.2) is 64.6 Å². The predicted octanol–water partition coefficient (Wildman–Crippen LogP) is -1.15. The monoisotopic (exact) mass is 384 g/mol. The molecule has 1 nitrogen and oxygen atoms in total. The molecule has 0 N–H and O–H groups in total. The Labute approximate surface area is 151 Å². The first-order chi connectivity index (χ1) is 9.74. The van der Waals surface area contributed by atoms with E-state index in [1.54, 1.807) is 3.88 Å². The zero-order valence-corrected chi connectivity index (χ0v) is 16.7. The van der Waals surface area contributed by atoms with Crippen LogP contribution in [0.2, 0.25) is 13.1 Å². The average Bonchev–Trinajstić information content (AvgIpc) is 2.98. The molecule has 0 bridgehead atoms. The van der Waals surface area contributed by atoms with Crippen LogP contribution in [-0.4, -0.2) is 6.19 Å². The molecular weight excluding hydrogens is 367 g/mol. The molecule has 0 spiro atoms. The van der Waals surface area contributed by atoms with Gasteiger partial charge in [0.25, 0.3) is 0 Å². The smallest absolute Gasteiger partial charge is 1.00 e. The van der Waals surface area contributed by atoms with E-state index in [0.717, 1.165) is 12.2 Å². The van der Waals surface area contributed by atoms with Gasteiger partial charge in [0.05, 0.1) is 0 Å². The topological polar surface area (TPSA) is 9.23 Å². The van der Waals surface area contributed by atoms with Crippen molar-refractivity contribution in [2.45, 2.75) is 19.5 Å². The van der Waals surface area contributed by atoms with Crippen LogP contribution >= 0.6 is 0 Å². The van der Waals surface area contributed by atoms with Crippen molar-refractivity contribution in [3.63, 3.8) is 0 Å². The maximum Gasteiger partial charge on any atom is -1.00 e. The van der Waals surface area contributed by atoms with Crippen LogP contribution in [0.3, 0.4) is 0 Å². The molecule has 2 aromatic carbocycles. The van der Waals surface area contributed by atoms with Crippen molar-refractivity contribution in [2.24, 2.45) is 0 Å². The van der Waals surface area contributed by atoms with Crippen LogP contribution in [0.5, 0.6) is 5.75 Å². The third-order valence-corrected chi connectivity index (χ3v) is 12.5. The van der Waals surface area contributed by atoms with Gasteiger partial charge in [0, 0.05) is 0 Å². The number of halogens is 2. The fraction of sp³-hybridized carbons (Fsp3) is 0.176. The number of hydrogen-bond acceptors (Lipinski definition) is 1. The van der Waals surface area contributed by atoms with E-state index in [1.165, 1.54) is 10.8 Å². The summed E-state index contributed by atoms with van der Waals surface area (Å²) in [5.41, 5.74) is 0. The van der Waals surface area contributed by atoms with E-state index in [9.17, 15) is 0 Å². The molecule has 1 aliphatic carbocycles. The Balaban J connectivity index is 0.00000121. The van der Waals surface area contributed by atoms with Crippen molar-refractivity contribution in [3.05, 3.63) is 64.6 Å². The van der Waals surface area contributed by atoms with Gasteiger partial charge in [-0.15, -0.1) is 0 Å². The van der Waals surface area contributed by atoms with E-state index in [1.807, 2.05) is 0 Å². The first-order valence-corrected chi connectivity index (χ1v) is 13.2. The molecule has 0 amide bonds. The van der Waals surface area contributed by atoms with Crippen molar-refractivity contribution < 1.29 is 45.1 Å². The summed E-state index contributed by atoms with van der Waals surface area (Å²) in [6.07, 6.45) is 7.45. The maximum absolute atomic E-state index is 6.47. The molecule has 0 heterocycles. The van der Waals surface area contributed by atoms with Crippen LogP contribution in [0.1, 0.15) is 6.42 Å². The van der Waals surface area contributed by atoms with Crippen molar-refractivity contribution in [2.75, 3.05) is 0 Å². The quantitative estimate of drug-likeness (QED) is 0.607. The van der Waals surface area contributed by atoms with Crippen molar-refractivity contribution in [1.29, 1.82) is 0 Å². The molecule has 0 radical (unpaired) electrons. The van der Waals surface area contributed by atoms with Gasteiger partial charge >= 0.3 is 127 Å². The van der Waals surface area contributed by atoms with Crippen molar-refractivity contribution in [3.8, 4) is 5.75 Å². The fourth-order valence-electron chi connectivity index (χ4n) is 2.45. The molecular formula is C17H18Cl2OSiTi. The van der Waals surface area contributed by atoms with Crippen molar-refractivity contribution >= 4 is 17.0 Å². The van der Waals surface area contributed by atoms with Gasteiger partial charge in [0.15, 0.2) is 0 Å². The Morgan fingerprint density at radius 3 is 2.36 bits per heavy atom. The van der Waals surface area contributed by atoms with Crippen molar-refractivity contribution in [1.82, 2.24) is 0 Å². The number of hydrogen-bond donors (Lipinski definition) is 0. The third-order valence-electron chi connectivity index (χ3n) is 3.46. The van der Waals surface area contributed by atoms with Gasteiger partial charge in [-0.25, -0.2) is 0 Å². The standard InChI is InChI=1S/C10H8O.C5H5.C2H6Si.2ClH.Ti/c11-10-6-5-8-3-1-2-4-9(8)7-10;1-2-4-5-3-1;1-3-2;;;/h1-7,11H;1-3H,4H2;1-2H3;2*1H;/q;;;;;+3/p-3. The van der Waals surface area contributed by atoms with Crippen LogP contribution in [-0.2, 0) is 17.0 Å². The molecule has 3 rings (SSSR count). The summed E-state index contributed by atoms with van der Waals surface area (Å²) in [5, 5.41) is 2.55. The molecule has 1 aliphatic rings. The summed E-state index contributed by atoms with van der Waals surface area (Å²) in [6, 6.07) is 15.0. The minimum atomic E-state index is -1.57. The first-order valence-electron chi connectivity index (χ1n) is 6.94. The Bertz CT molecular complexity index is 749. The van der Waals surface area contributed by atoms with Gasteiger partial charge in [0.1, 0.15) is 0 Å². The summed E-state index contributed by atoms with van der Waals surface area (Å²) in [7, 11) is 0. The Kier molecular flexibility index (Phi) is 7.95. The first kappa shape index (κ1) is 19.5. The molecule has 5 heteroatoms. The normalized spacial score (nSPS) is 11.8. The summed E-state index contributed by atoms with van der Waals surface area (Å²) in [6.45, 7) is 4.78. The predicted molar refractivity (Wildman–Crippen MR) is 83.9 cm³/mol. The van der Waals surface area contributed by atoms with Crippen LogP contribution in [0.25, 0.3) is 10.8 Å². The molecule has 0 unspecified atom stereocenters. The Morgan fingerprint density at radius 2 is 1.73 bits per heavy atom. The van der Waals surface area contributed by atoms with E-state index < -0.39 is 17.0 Å². The zero-order valence-electron chi connectivity index (χ0n) is 12.6. The summed E-state index contributed by atoms with van der Waals surface area (Å²) < 4.78 is 8.05. The van der Waals surface area contributed by atoms with E-state index in [2.05, 4.69) is 73.8 Å². The summed E-state index contributed by atoms with van der Waals surface area (Å²) in [4.78, 5) is 0. The molecule has 22 heavy (non-hydrogen) atoms. The maximum atomic E-state index is 6.47. The third kappa shape index (κ3) is 4.50. The molecule has 0 atom stereocenters. The number of rotatable bonds is 3. The van der Waals surface area contributed by atoms with Gasteiger partial charge in [0.2, 0.25) is 0 Å². The minimum Gasteiger partial charge on any atom is -1.00 e. The second kappa shape index (κ2) is 8.95. The molecule has 0 aliphatic heterocycles. The molecule has 0 saturated heterocycles. The van der Waals surface area contributed by atoms with Gasteiger partial charge in [-0.2, -0.15) is 0 Å². The molecule has 0 aromatic heterocycles. The van der Waals surface area contributed by atoms with Gasteiger partial charge in [-0.1, -0.05) is 0 Å². The summed E-state index contributed by atoms with van der Waals surface area (Å²) >= 11 is -1.57. The van der Waals surface area contributed by atoms with E-state index in [0.29, 0.717) is 0 Å². The molecule has 2 aromatic rings. The average molecular weight is 385 g/mol. The summed E-state index contributed by atoms with van der Waals surface area (Å²) in [5.74, 6) is 1.05. The van der Waals surface area contributed by atoms with E-state index in [4.69, 9.17) is 3.32 Å².